The van der Waals surface area contributed by atoms with Crippen LogP contribution in [0.5, 0.6) is 0 Å². The van der Waals surface area contributed by atoms with E-state index in [1.54, 1.807) is 4.90 Å². The van der Waals surface area contributed by atoms with Crippen LogP contribution in [0.2, 0.25) is 0 Å². The van der Waals surface area contributed by atoms with Gasteiger partial charge in [0.2, 0.25) is 0 Å². The molecule has 17 heavy (non-hydrogen) atoms. The summed E-state index contributed by atoms with van der Waals surface area (Å²) in [7, 11) is 0. The molecule has 1 saturated heterocycles. The average Bonchev–Trinajstić information content (AvgIpc) is 2.10. The van der Waals surface area contributed by atoms with Crippen LogP contribution in [0.4, 0.5) is 4.79 Å². The molecule has 0 saturated carbocycles. The van der Waals surface area contributed by atoms with Crippen LogP contribution in [-0.2, 0) is 9.47 Å². The SMILES string of the molecule is CC1=CCOC2(C1)CN(C(=O)OC(C)(C)C)C2. The van der Waals surface area contributed by atoms with Gasteiger partial charge in [-0.05, 0) is 27.7 Å². The quantitative estimate of drug-likeness (QED) is 0.609. The molecule has 0 radical (unpaired) electrons. The Morgan fingerprint density at radius 1 is 1.47 bits per heavy atom. The van der Waals surface area contributed by atoms with E-state index in [0.717, 1.165) is 6.42 Å². The van der Waals surface area contributed by atoms with E-state index in [1.807, 2.05) is 20.8 Å². The number of carbonyl (C=O) groups is 1. The summed E-state index contributed by atoms with van der Waals surface area (Å²) < 4.78 is 11.1. The van der Waals surface area contributed by atoms with E-state index in [4.69, 9.17) is 9.47 Å². The fraction of sp³-hybridized carbons (Fsp3) is 0.769. The standard InChI is InChI=1S/C13H21NO3/c1-10-5-6-16-13(7-10)8-14(9-13)11(15)17-12(2,3)4/h5H,6-9H2,1-4H3. The third-order valence-corrected chi connectivity index (χ3v) is 3.03. The van der Waals surface area contributed by atoms with Crippen LogP contribution < -0.4 is 0 Å². The number of rotatable bonds is 0. The van der Waals surface area contributed by atoms with Crippen molar-refractivity contribution in [2.24, 2.45) is 0 Å². The highest BCUT2D eigenvalue weighted by Crippen LogP contribution is 2.35. The molecule has 4 heteroatoms. The van der Waals surface area contributed by atoms with E-state index in [0.29, 0.717) is 19.7 Å². The van der Waals surface area contributed by atoms with Gasteiger partial charge in [-0.25, -0.2) is 4.79 Å². The van der Waals surface area contributed by atoms with Gasteiger partial charge < -0.3 is 14.4 Å². The van der Waals surface area contributed by atoms with Gasteiger partial charge in [0.1, 0.15) is 11.2 Å². The number of hydrogen-bond acceptors (Lipinski definition) is 3. The van der Waals surface area contributed by atoms with Gasteiger partial charge in [-0.3, -0.25) is 0 Å². The third-order valence-electron chi connectivity index (χ3n) is 3.03. The average molecular weight is 239 g/mol. The van der Waals surface area contributed by atoms with Crippen LogP contribution in [0.1, 0.15) is 34.1 Å². The maximum absolute atomic E-state index is 11.8. The molecule has 0 atom stereocenters. The number of likely N-dealkylation sites (tertiary alicyclic amines) is 1. The maximum atomic E-state index is 11.8. The summed E-state index contributed by atoms with van der Waals surface area (Å²) in [5.74, 6) is 0. The molecule has 1 fully saturated rings. The Bertz CT molecular complexity index is 348. The topological polar surface area (TPSA) is 38.8 Å². The second-order valence-corrected chi connectivity index (χ2v) is 6.06. The Kier molecular flexibility index (Phi) is 2.94. The predicted octanol–water partition coefficient (Wildman–Crippen LogP) is 2.34. The molecule has 2 rings (SSSR count). The number of ether oxygens (including phenoxy) is 2. The van der Waals surface area contributed by atoms with Gasteiger partial charge in [-0.15, -0.1) is 0 Å². The first-order valence-corrected chi connectivity index (χ1v) is 6.07. The normalized spacial score (nSPS) is 23.1. The molecule has 2 aliphatic rings. The first kappa shape index (κ1) is 12.4. The molecule has 1 amide bonds. The summed E-state index contributed by atoms with van der Waals surface area (Å²) in [6, 6.07) is 0. The third kappa shape index (κ3) is 2.80. The summed E-state index contributed by atoms with van der Waals surface area (Å²) in [4.78, 5) is 13.5. The fourth-order valence-electron chi connectivity index (χ4n) is 2.30. The van der Waals surface area contributed by atoms with Crippen LogP contribution in [0.25, 0.3) is 0 Å². The molecule has 0 unspecified atom stereocenters. The molecule has 0 N–H and O–H groups in total. The smallest absolute Gasteiger partial charge is 0.410 e. The van der Waals surface area contributed by atoms with E-state index < -0.39 is 5.60 Å². The Balaban J connectivity index is 1.86. The van der Waals surface area contributed by atoms with Crippen LogP contribution in [0.3, 0.4) is 0 Å². The number of amides is 1. The summed E-state index contributed by atoms with van der Waals surface area (Å²) in [6.45, 7) is 9.70. The Hall–Kier alpha value is -1.03. The van der Waals surface area contributed by atoms with Crippen LogP contribution >= 0.6 is 0 Å². The molecule has 2 heterocycles. The summed E-state index contributed by atoms with van der Waals surface area (Å²) in [5.41, 5.74) is 0.777. The molecule has 4 nitrogen and oxygen atoms in total. The molecule has 0 aromatic rings. The molecule has 1 spiro atoms. The zero-order valence-corrected chi connectivity index (χ0v) is 11.1. The van der Waals surface area contributed by atoms with Crippen molar-refractivity contribution in [3.8, 4) is 0 Å². The van der Waals surface area contributed by atoms with Gasteiger partial charge in [0.15, 0.2) is 0 Å². The minimum absolute atomic E-state index is 0.143. The summed E-state index contributed by atoms with van der Waals surface area (Å²) in [5, 5.41) is 0. The van der Waals surface area contributed by atoms with Gasteiger partial charge in [0.05, 0.1) is 19.7 Å². The van der Waals surface area contributed by atoms with Crippen molar-refractivity contribution in [2.75, 3.05) is 19.7 Å². The lowest BCUT2D eigenvalue weighted by molar-refractivity contribution is -0.136. The van der Waals surface area contributed by atoms with Crippen molar-refractivity contribution in [3.63, 3.8) is 0 Å². The number of nitrogens with zero attached hydrogens (tertiary/aromatic N) is 1. The Morgan fingerprint density at radius 2 is 2.12 bits per heavy atom. The zero-order valence-electron chi connectivity index (χ0n) is 11.1. The first-order chi connectivity index (χ1) is 7.80. The highest BCUT2D eigenvalue weighted by atomic mass is 16.6. The summed E-state index contributed by atoms with van der Waals surface area (Å²) >= 11 is 0. The first-order valence-electron chi connectivity index (χ1n) is 6.07. The molecule has 96 valence electrons. The Labute approximate surface area is 103 Å². The predicted molar refractivity (Wildman–Crippen MR) is 64.9 cm³/mol. The van der Waals surface area contributed by atoms with E-state index >= 15 is 0 Å². The highest BCUT2D eigenvalue weighted by Gasteiger charge is 2.48. The number of carbonyl (C=O) groups excluding carboxylic acids is 1. The largest absolute Gasteiger partial charge is 0.444 e. The summed E-state index contributed by atoms with van der Waals surface area (Å²) in [6.07, 6.45) is 2.78. The second-order valence-electron chi connectivity index (χ2n) is 6.06. The van der Waals surface area contributed by atoms with Gasteiger partial charge >= 0.3 is 6.09 Å². The van der Waals surface area contributed by atoms with Crippen molar-refractivity contribution in [2.45, 2.75) is 45.3 Å². The van der Waals surface area contributed by atoms with E-state index in [9.17, 15) is 4.79 Å². The lowest BCUT2D eigenvalue weighted by Crippen LogP contribution is -2.66. The minimum atomic E-state index is -0.428. The second kappa shape index (κ2) is 4.02. The monoisotopic (exact) mass is 239 g/mol. The van der Waals surface area contributed by atoms with E-state index in [2.05, 4.69) is 13.0 Å². The van der Waals surface area contributed by atoms with Gasteiger partial charge in [0, 0.05) is 6.42 Å². The minimum Gasteiger partial charge on any atom is -0.444 e. The van der Waals surface area contributed by atoms with Crippen molar-refractivity contribution in [1.82, 2.24) is 4.90 Å². The van der Waals surface area contributed by atoms with Gasteiger partial charge in [-0.2, -0.15) is 0 Å². The van der Waals surface area contributed by atoms with E-state index in [-0.39, 0.29) is 11.7 Å². The molecule has 2 aliphatic heterocycles. The van der Waals surface area contributed by atoms with E-state index in [1.165, 1.54) is 5.57 Å². The van der Waals surface area contributed by atoms with Crippen LogP contribution in [0, 0.1) is 0 Å². The zero-order chi connectivity index (χ0) is 12.7. The lowest BCUT2D eigenvalue weighted by atomic mass is 9.86. The van der Waals surface area contributed by atoms with Gasteiger partial charge in [0.25, 0.3) is 0 Å². The molecule has 0 bridgehead atoms. The molecule has 0 aliphatic carbocycles. The van der Waals surface area contributed by atoms with Crippen LogP contribution in [0.15, 0.2) is 11.6 Å². The van der Waals surface area contributed by atoms with Crippen LogP contribution in [-0.4, -0.2) is 41.9 Å². The number of hydrogen-bond donors (Lipinski definition) is 0. The maximum Gasteiger partial charge on any atom is 0.410 e. The Morgan fingerprint density at radius 3 is 2.65 bits per heavy atom. The lowest BCUT2D eigenvalue weighted by Gasteiger charge is -2.50. The fourth-order valence-corrected chi connectivity index (χ4v) is 2.30. The van der Waals surface area contributed by atoms with Crippen molar-refractivity contribution in [1.29, 1.82) is 0 Å². The molecule has 0 aromatic heterocycles. The van der Waals surface area contributed by atoms with Gasteiger partial charge in [-0.1, -0.05) is 11.6 Å². The van der Waals surface area contributed by atoms with Crippen molar-refractivity contribution >= 4 is 6.09 Å². The highest BCUT2D eigenvalue weighted by molar-refractivity contribution is 5.69. The molecular formula is C13H21NO3. The molecular weight excluding hydrogens is 218 g/mol. The van der Waals surface area contributed by atoms with Crippen molar-refractivity contribution in [3.05, 3.63) is 11.6 Å². The van der Waals surface area contributed by atoms with Crippen molar-refractivity contribution < 1.29 is 14.3 Å². The molecule has 0 aromatic carbocycles.